The second kappa shape index (κ2) is 9.64. The number of benzene rings is 2. The number of hydrogen-bond acceptors (Lipinski definition) is 5. The third-order valence-electron chi connectivity index (χ3n) is 3.88. The summed E-state index contributed by atoms with van der Waals surface area (Å²) in [5.41, 5.74) is 1.03. The van der Waals surface area contributed by atoms with E-state index < -0.39 is 0 Å². The summed E-state index contributed by atoms with van der Waals surface area (Å²) in [6.07, 6.45) is -0.0626. The van der Waals surface area contributed by atoms with Gasteiger partial charge >= 0.3 is 0 Å². The third-order valence-corrected chi connectivity index (χ3v) is 3.88. The summed E-state index contributed by atoms with van der Waals surface area (Å²) in [4.78, 5) is 26.2. The maximum Gasteiger partial charge on any atom is 0.244 e. The number of nitrogens with zero attached hydrogens (tertiary/aromatic N) is 1. The molecule has 0 atom stereocenters. The van der Waals surface area contributed by atoms with Crippen molar-refractivity contribution in [3.8, 4) is 17.2 Å². The Labute approximate surface area is 165 Å². The van der Waals surface area contributed by atoms with Gasteiger partial charge in [-0.2, -0.15) is 0 Å². The van der Waals surface area contributed by atoms with Crippen LogP contribution >= 0.6 is 0 Å². The van der Waals surface area contributed by atoms with E-state index in [1.165, 1.54) is 18.9 Å². The number of carbonyl (C=O) groups is 2. The van der Waals surface area contributed by atoms with E-state index in [2.05, 4.69) is 5.32 Å². The lowest BCUT2D eigenvalue weighted by atomic mass is 10.2. The van der Waals surface area contributed by atoms with Gasteiger partial charge in [0.25, 0.3) is 0 Å². The number of methoxy groups -OCH3 is 2. The average Bonchev–Trinajstić information content (AvgIpc) is 2.66. The van der Waals surface area contributed by atoms with Crippen LogP contribution in [0.4, 0.5) is 11.4 Å². The third kappa shape index (κ3) is 5.39. The lowest BCUT2D eigenvalue weighted by molar-refractivity contribution is -0.120. The van der Waals surface area contributed by atoms with E-state index in [9.17, 15) is 9.59 Å². The Kier molecular flexibility index (Phi) is 7.26. The standard InChI is InChI=1S/C21H26N2O5/c1-14(2)28-19-9-7-6-8-18(19)23(15(3)24)13-21(25)22-17-11-10-16(26-4)12-20(17)27-5/h6-12,14H,13H2,1-5H3,(H,22,25). The maximum atomic E-state index is 12.6. The molecular weight excluding hydrogens is 360 g/mol. The fraction of sp³-hybridized carbons (Fsp3) is 0.333. The molecule has 0 radical (unpaired) electrons. The minimum atomic E-state index is -0.363. The average molecular weight is 386 g/mol. The zero-order valence-electron chi connectivity index (χ0n) is 16.8. The molecule has 1 N–H and O–H groups in total. The van der Waals surface area contributed by atoms with Crippen LogP contribution in [0.25, 0.3) is 0 Å². The van der Waals surface area contributed by atoms with Gasteiger partial charge in [0.05, 0.1) is 31.7 Å². The van der Waals surface area contributed by atoms with Crippen LogP contribution in [0.3, 0.4) is 0 Å². The van der Waals surface area contributed by atoms with Crippen molar-refractivity contribution >= 4 is 23.2 Å². The monoisotopic (exact) mass is 386 g/mol. The van der Waals surface area contributed by atoms with Gasteiger partial charge in [0.2, 0.25) is 11.8 Å². The summed E-state index contributed by atoms with van der Waals surface area (Å²) in [6, 6.07) is 12.2. The molecule has 0 aliphatic heterocycles. The molecule has 0 spiro atoms. The van der Waals surface area contributed by atoms with Crippen LogP contribution in [0.1, 0.15) is 20.8 Å². The van der Waals surface area contributed by atoms with Gasteiger partial charge in [-0.3, -0.25) is 14.5 Å². The first kappa shape index (κ1) is 21.1. The summed E-state index contributed by atoms with van der Waals surface area (Å²) in [5.74, 6) is 0.989. The second-order valence-electron chi connectivity index (χ2n) is 6.35. The van der Waals surface area contributed by atoms with Gasteiger partial charge in [0, 0.05) is 13.0 Å². The first-order valence-electron chi connectivity index (χ1n) is 8.91. The van der Waals surface area contributed by atoms with Crippen molar-refractivity contribution < 1.29 is 23.8 Å². The Morgan fingerprint density at radius 3 is 2.36 bits per heavy atom. The van der Waals surface area contributed by atoms with E-state index in [1.807, 2.05) is 19.9 Å². The molecular formula is C21H26N2O5. The van der Waals surface area contributed by atoms with Crippen LogP contribution in [-0.2, 0) is 9.59 Å². The van der Waals surface area contributed by atoms with Gasteiger partial charge < -0.3 is 19.5 Å². The lowest BCUT2D eigenvalue weighted by Gasteiger charge is -2.24. The molecule has 0 aliphatic carbocycles. The van der Waals surface area contributed by atoms with E-state index in [0.29, 0.717) is 28.6 Å². The van der Waals surface area contributed by atoms with Gasteiger partial charge in [-0.1, -0.05) is 12.1 Å². The molecule has 0 saturated heterocycles. The second-order valence-corrected chi connectivity index (χ2v) is 6.35. The number of hydrogen-bond donors (Lipinski definition) is 1. The van der Waals surface area contributed by atoms with Crippen molar-refractivity contribution in [3.05, 3.63) is 42.5 Å². The fourth-order valence-electron chi connectivity index (χ4n) is 2.63. The number of nitrogens with one attached hydrogen (secondary N) is 1. The quantitative estimate of drug-likeness (QED) is 0.752. The highest BCUT2D eigenvalue weighted by Crippen LogP contribution is 2.31. The van der Waals surface area contributed by atoms with Gasteiger partial charge in [-0.05, 0) is 38.1 Å². The molecule has 2 aromatic rings. The number of para-hydroxylation sites is 2. The van der Waals surface area contributed by atoms with E-state index in [-0.39, 0.29) is 24.5 Å². The molecule has 0 aliphatic rings. The number of carbonyl (C=O) groups excluding carboxylic acids is 2. The Morgan fingerprint density at radius 1 is 1.04 bits per heavy atom. The highest BCUT2D eigenvalue weighted by molar-refractivity contribution is 6.03. The molecule has 28 heavy (non-hydrogen) atoms. The minimum Gasteiger partial charge on any atom is -0.497 e. The predicted molar refractivity (Wildman–Crippen MR) is 108 cm³/mol. The highest BCUT2D eigenvalue weighted by atomic mass is 16.5. The zero-order valence-corrected chi connectivity index (χ0v) is 16.8. The predicted octanol–water partition coefficient (Wildman–Crippen LogP) is 3.48. The van der Waals surface area contributed by atoms with Crippen molar-refractivity contribution in [1.82, 2.24) is 0 Å². The van der Waals surface area contributed by atoms with Gasteiger partial charge in [-0.25, -0.2) is 0 Å². The van der Waals surface area contributed by atoms with Crippen LogP contribution < -0.4 is 24.4 Å². The van der Waals surface area contributed by atoms with Crippen LogP contribution in [0.2, 0.25) is 0 Å². The number of amides is 2. The van der Waals surface area contributed by atoms with Crippen LogP contribution in [0.15, 0.2) is 42.5 Å². The SMILES string of the molecule is COc1ccc(NC(=O)CN(C(C)=O)c2ccccc2OC(C)C)c(OC)c1. The van der Waals surface area contributed by atoms with Gasteiger partial charge in [-0.15, -0.1) is 0 Å². The largest absolute Gasteiger partial charge is 0.497 e. The van der Waals surface area contributed by atoms with Crippen molar-refractivity contribution in [2.75, 3.05) is 31.0 Å². The maximum absolute atomic E-state index is 12.6. The molecule has 0 saturated carbocycles. The fourth-order valence-corrected chi connectivity index (χ4v) is 2.63. The van der Waals surface area contributed by atoms with E-state index in [1.54, 1.807) is 43.5 Å². The van der Waals surface area contributed by atoms with Gasteiger partial charge in [0.15, 0.2) is 0 Å². The molecule has 0 heterocycles. The molecule has 150 valence electrons. The Balaban J connectivity index is 2.22. The molecule has 0 bridgehead atoms. The Hall–Kier alpha value is -3.22. The number of rotatable bonds is 8. The molecule has 0 unspecified atom stereocenters. The zero-order chi connectivity index (χ0) is 20.7. The molecule has 7 nitrogen and oxygen atoms in total. The first-order chi connectivity index (χ1) is 13.3. The summed E-state index contributed by atoms with van der Waals surface area (Å²) in [7, 11) is 3.06. The van der Waals surface area contributed by atoms with E-state index in [4.69, 9.17) is 14.2 Å². The topological polar surface area (TPSA) is 77.1 Å². The normalized spacial score (nSPS) is 10.4. The molecule has 0 aromatic heterocycles. The van der Waals surface area contributed by atoms with Crippen molar-refractivity contribution in [2.24, 2.45) is 0 Å². The van der Waals surface area contributed by atoms with Crippen LogP contribution in [0, 0.1) is 0 Å². The first-order valence-corrected chi connectivity index (χ1v) is 8.91. The highest BCUT2D eigenvalue weighted by Gasteiger charge is 2.20. The van der Waals surface area contributed by atoms with Crippen molar-refractivity contribution in [3.63, 3.8) is 0 Å². The summed E-state index contributed by atoms with van der Waals surface area (Å²) in [6.45, 7) is 5.05. The molecule has 2 aromatic carbocycles. The number of ether oxygens (including phenoxy) is 3. The van der Waals surface area contributed by atoms with Crippen LogP contribution in [0.5, 0.6) is 17.2 Å². The van der Waals surface area contributed by atoms with Crippen LogP contribution in [-0.4, -0.2) is 38.7 Å². The minimum absolute atomic E-state index is 0.0626. The smallest absolute Gasteiger partial charge is 0.244 e. The van der Waals surface area contributed by atoms with Crippen molar-refractivity contribution in [1.29, 1.82) is 0 Å². The summed E-state index contributed by atoms with van der Waals surface area (Å²) in [5, 5.41) is 2.77. The lowest BCUT2D eigenvalue weighted by Crippen LogP contribution is -2.37. The molecule has 0 fully saturated rings. The molecule has 2 rings (SSSR count). The number of anilines is 2. The Morgan fingerprint density at radius 2 is 1.75 bits per heavy atom. The van der Waals surface area contributed by atoms with E-state index >= 15 is 0 Å². The Bertz CT molecular complexity index is 835. The summed E-state index contributed by atoms with van der Waals surface area (Å²) >= 11 is 0. The molecule has 2 amide bonds. The van der Waals surface area contributed by atoms with E-state index in [0.717, 1.165) is 0 Å². The molecule has 7 heteroatoms. The summed E-state index contributed by atoms with van der Waals surface area (Å²) < 4.78 is 16.2. The van der Waals surface area contributed by atoms with Crippen molar-refractivity contribution in [2.45, 2.75) is 26.9 Å². The van der Waals surface area contributed by atoms with Gasteiger partial charge in [0.1, 0.15) is 23.8 Å².